The summed E-state index contributed by atoms with van der Waals surface area (Å²) in [5.74, 6) is 0.939. The Labute approximate surface area is 123 Å². The van der Waals surface area contributed by atoms with Crippen LogP contribution in [0.5, 0.6) is 0 Å². The molecule has 3 nitrogen and oxygen atoms in total. The van der Waals surface area contributed by atoms with E-state index in [0.717, 1.165) is 25.3 Å². The molecule has 1 amide bonds. The van der Waals surface area contributed by atoms with Gasteiger partial charge in [-0.1, -0.05) is 31.5 Å². The summed E-state index contributed by atoms with van der Waals surface area (Å²) in [6.45, 7) is 5.97. The highest BCUT2D eigenvalue weighted by Crippen LogP contribution is 2.32. The van der Waals surface area contributed by atoms with Crippen molar-refractivity contribution in [3.63, 3.8) is 0 Å². The van der Waals surface area contributed by atoms with Gasteiger partial charge in [0.15, 0.2) is 0 Å². The van der Waals surface area contributed by atoms with E-state index < -0.39 is 0 Å². The SMILES string of the molecule is CC1(C)CCN(C(=O)c2cccc(N)c2Cl)CCS1. The van der Waals surface area contributed by atoms with Crippen molar-refractivity contribution in [2.24, 2.45) is 0 Å². The molecular formula is C14H19ClN2OS. The van der Waals surface area contributed by atoms with E-state index >= 15 is 0 Å². The number of hydrogen-bond donors (Lipinski definition) is 1. The molecule has 0 atom stereocenters. The number of halogens is 1. The first-order valence-electron chi connectivity index (χ1n) is 6.38. The number of amides is 1. The summed E-state index contributed by atoms with van der Waals surface area (Å²) in [4.78, 5) is 14.4. The monoisotopic (exact) mass is 298 g/mol. The molecule has 19 heavy (non-hydrogen) atoms. The molecule has 1 aromatic rings. The van der Waals surface area contributed by atoms with Crippen LogP contribution in [0.2, 0.25) is 5.02 Å². The number of anilines is 1. The molecule has 1 fully saturated rings. The van der Waals surface area contributed by atoms with Gasteiger partial charge < -0.3 is 10.6 Å². The molecule has 104 valence electrons. The molecule has 1 heterocycles. The third-order valence-electron chi connectivity index (χ3n) is 3.38. The summed E-state index contributed by atoms with van der Waals surface area (Å²) in [6, 6.07) is 5.22. The number of carbonyl (C=O) groups excluding carboxylic acids is 1. The smallest absolute Gasteiger partial charge is 0.255 e. The first-order chi connectivity index (χ1) is 8.91. The van der Waals surface area contributed by atoms with Crippen LogP contribution < -0.4 is 5.73 Å². The van der Waals surface area contributed by atoms with E-state index in [-0.39, 0.29) is 10.7 Å². The van der Waals surface area contributed by atoms with E-state index in [1.54, 1.807) is 18.2 Å². The lowest BCUT2D eigenvalue weighted by Gasteiger charge is -2.23. The molecule has 5 heteroatoms. The summed E-state index contributed by atoms with van der Waals surface area (Å²) in [7, 11) is 0. The lowest BCUT2D eigenvalue weighted by atomic mass is 10.1. The van der Waals surface area contributed by atoms with Crippen LogP contribution in [-0.4, -0.2) is 34.4 Å². The number of rotatable bonds is 1. The van der Waals surface area contributed by atoms with Crippen LogP contribution in [0.4, 0.5) is 5.69 Å². The number of nitrogens with two attached hydrogens (primary N) is 1. The second kappa shape index (κ2) is 5.63. The Morgan fingerprint density at radius 1 is 1.42 bits per heavy atom. The minimum atomic E-state index is -0.0180. The fourth-order valence-corrected chi connectivity index (χ4v) is 3.42. The van der Waals surface area contributed by atoms with Crippen LogP contribution in [0.3, 0.4) is 0 Å². The van der Waals surface area contributed by atoms with Crippen molar-refractivity contribution in [2.45, 2.75) is 25.0 Å². The maximum absolute atomic E-state index is 12.5. The molecule has 0 saturated carbocycles. The molecule has 0 bridgehead atoms. The Hall–Kier alpha value is -0.870. The highest BCUT2D eigenvalue weighted by molar-refractivity contribution is 8.00. The van der Waals surface area contributed by atoms with Gasteiger partial charge in [-0.05, 0) is 18.6 Å². The highest BCUT2D eigenvalue weighted by Gasteiger charge is 2.27. The lowest BCUT2D eigenvalue weighted by Crippen LogP contribution is -2.33. The van der Waals surface area contributed by atoms with Gasteiger partial charge in [0.25, 0.3) is 5.91 Å². The molecule has 2 rings (SSSR count). The van der Waals surface area contributed by atoms with Crippen molar-refractivity contribution in [1.82, 2.24) is 4.90 Å². The topological polar surface area (TPSA) is 46.3 Å². The zero-order chi connectivity index (χ0) is 14.0. The predicted octanol–water partition coefficient (Wildman–Crippen LogP) is 3.28. The van der Waals surface area contributed by atoms with Crippen LogP contribution in [0.1, 0.15) is 30.6 Å². The van der Waals surface area contributed by atoms with Crippen LogP contribution in [0.15, 0.2) is 18.2 Å². The normalized spacial score (nSPS) is 19.0. The van der Waals surface area contributed by atoms with Gasteiger partial charge in [0.2, 0.25) is 0 Å². The number of nitrogen functional groups attached to an aromatic ring is 1. The summed E-state index contributed by atoms with van der Waals surface area (Å²) in [5.41, 5.74) is 6.72. The van der Waals surface area contributed by atoms with E-state index in [9.17, 15) is 4.79 Å². The van der Waals surface area contributed by atoms with Gasteiger partial charge in [0.1, 0.15) is 0 Å². The largest absolute Gasteiger partial charge is 0.398 e. The lowest BCUT2D eigenvalue weighted by molar-refractivity contribution is 0.0765. The summed E-state index contributed by atoms with van der Waals surface area (Å²) in [5, 5.41) is 0.365. The van der Waals surface area contributed by atoms with Crippen LogP contribution >= 0.6 is 23.4 Å². The minimum absolute atomic E-state index is 0.0180. The average Bonchev–Trinajstić information content (AvgIpc) is 2.53. The van der Waals surface area contributed by atoms with Gasteiger partial charge in [-0.15, -0.1) is 0 Å². The number of carbonyl (C=O) groups is 1. The molecule has 0 radical (unpaired) electrons. The van der Waals surface area contributed by atoms with Crippen molar-refractivity contribution in [3.05, 3.63) is 28.8 Å². The summed E-state index contributed by atoms with van der Waals surface area (Å²) in [6.07, 6.45) is 0.989. The van der Waals surface area contributed by atoms with E-state index in [1.807, 2.05) is 16.7 Å². The maximum Gasteiger partial charge on any atom is 0.255 e. The van der Waals surface area contributed by atoms with Gasteiger partial charge in [-0.2, -0.15) is 11.8 Å². The third-order valence-corrected chi connectivity index (χ3v) is 5.18. The number of nitrogens with zero attached hydrogens (tertiary/aromatic N) is 1. The van der Waals surface area contributed by atoms with Crippen molar-refractivity contribution in [3.8, 4) is 0 Å². The van der Waals surface area contributed by atoms with E-state index in [0.29, 0.717) is 16.3 Å². The molecule has 0 unspecified atom stereocenters. The molecule has 0 aliphatic carbocycles. The molecule has 1 aliphatic rings. The standard InChI is InChI=1S/C14H19ClN2OS/c1-14(2)6-7-17(8-9-19-14)13(18)10-4-3-5-11(16)12(10)15/h3-5H,6-9,16H2,1-2H3. The number of benzene rings is 1. The number of hydrogen-bond acceptors (Lipinski definition) is 3. The molecule has 0 aromatic heterocycles. The quantitative estimate of drug-likeness (QED) is 0.809. The third kappa shape index (κ3) is 3.37. The second-order valence-corrected chi connectivity index (χ2v) is 7.54. The Bertz CT molecular complexity index is 490. The first kappa shape index (κ1) is 14.5. The highest BCUT2D eigenvalue weighted by atomic mass is 35.5. The predicted molar refractivity (Wildman–Crippen MR) is 82.9 cm³/mol. The van der Waals surface area contributed by atoms with Crippen molar-refractivity contribution < 1.29 is 4.79 Å². The molecule has 1 aromatic carbocycles. The molecule has 1 aliphatic heterocycles. The molecule has 0 spiro atoms. The minimum Gasteiger partial charge on any atom is -0.398 e. The van der Waals surface area contributed by atoms with E-state index in [2.05, 4.69) is 13.8 Å². The zero-order valence-electron chi connectivity index (χ0n) is 11.3. The maximum atomic E-state index is 12.5. The van der Waals surface area contributed by atoms with Crippen LogP contribution in [-0.2, 0) is 0 Å². The molecule has 2 N–H and O–H groups in total. The Balaban J connectivity index is 2.18. The van der Waals surface area contributed by atoms with Crippen molar-refractivity contribution in [1.29, 1.82) is 0 Å². The van der Waals surface area contributed by atoms with Crippen LogP contribution in [0, 0.1) is 0 Å². The Morgan fingerprint density at radius 2 is 2.16 bits per heavy atom. The van der Waals surface area contributed by atoms with E-state index in [1.165, 1.54) is 0 Å². The first-order valence-corrected chi connectivity index (χ1v) is 7.74. The Kier molecular flexibility index (Phi) is 4.31. The van der Waals surface area contributed by atoms with Gasteiger partial charge >= 0.3 is 0 Å². The fourth-order valence-electron chi connectivity index (χ4n) is 2.11. The van der Waals surface area contributed by atoms with Gasteiger partial charge in [-0.25, -0.2) is 0 Å². The zero-order valence-corrected chi connectivity index (χ0v) is 12.9. The summed E-state index contributed by atoms with van der Waals surface area (Å²) >= 11 is 8.04. The fraction of sp³-hybridized carbons (Fsp3) is 0.500. The Morgan fingerprint density at radius 3 is 2.89 bits per heavy atom. The second-order valence-electron chi connectivity index (χ2n) is 5.36. The van der Waals surface area contributed by atoms with Gasteiger partial charge in [-0.3, -0.25) is 4.79 Å². The molecule has 1 saturated heterocycles. The van der Waals surface area contributed by atoms with Crippen molar-refractivity contribution >= 4 is 35.0 Å². The van der Waals surface area contributed by atoms with Gasteiger partial charge in [0, 0.05) is 23.6 Å². The average molecular weight is 299 g/mol. The molecular weight excluding hydrogens is 280 g/mol. The van der Waals surface area contributed by atoms with Crippen molar-refractivity contribution in [2.75, 3.05) is 24.6 Å². The summed E-state index contributed by atoms with van der Waals surface area (Å²) < 4.78 is 0.231. The van der Waals surface area contributed by atoms with Gasteiger partial charge in [0.05, 0.1) is 16.3 Å². The number of thioether (sulfide) groups is 1. The van der Waals surface area contributed by atoms with Crippen LogP contribution in [0.25, 0.3) is 0 Å². The van der Waals surface area contributed by atoms with E-state index in [4.69, 9.17) is 17.3 Å².